The number of rotatable bonds is 3. The summed E-state index contributed by atoms with van der Waals surface area (Å²) in [6, 6.07) is 5.09. The second-order valence-electron chi connectivity index (χ2n) is 2.69. The van der Waals surface area contributed by atoms with E-state index in [1.807, 2.05) is 0 Å². The number of ether oxygens (including phenoxy) is 2. The molecule has 0 unspecified atom stereocenters. The Labute approximate surface area is 97.3 Å². The molecule has 0 heterocycles. The Morgan fingerprint density at radius 3 is 2.31 bits per heavy atom. The van der Waals surface area contributed by atoms with Crippen molar-refractivity contribution in [2.24, 2.45) is 0 Å². The number of hydrogen-bond donors (Lipinski definition) is 0. The Morgan fingerprint density at radius 1 is 1.31 bits per heavy atom. The van der Waals surface area contributed by atoms with E-state index in [1.165, 1.54) is 24.3 Å². The van der Waals surface area contributed by atoms with Gasteiger partial charge in [0.1, 0.15) is 5.75 Å². The molecule has 0 fully saturated rings. The van der Waals surface area contributed by atoms with E-state index in [9.17, 15) is 13.2 Å². The molecule has 0 aliphatic heterocycles. The SMILES string of the molecule is CCOC(=O)Oc1ccc(S(=O)(=O)Cl)cc1. The van der Waals surface area contributed by atoms with Crippen molar-refractivity contribution in [2.75, 3.05) is 6.61 Å². The fourth-order valence-electron chi connectivity index (χ4n) is 0.914. The first-order valence-corrected chi connectivity index (χ1v) is 6.63. The fourth-order valence-corrected chi connectivity index (χ4v) is 1.68. The predicted octanol–water partition coefficient (Wildman–Crippen LogP) is 2.15. The van der Waals surface area contributed by atoms with Crippen molar-refractivity contribution < 1.29 is 22.7 Å². The van der Waals surface area contributed by atoms with Gasteiger partial charge in [-0.2, -0.15) is 0 Å². The largest absolute Gasteiger partial charge is 0.513 e. The van der Waals surface area contributed by atoms with Gasteiger partial charge in [-0.3, -0.25) is 0 Å². The van der Waals surface area contributed by atoms with Crippen molar-refractivity contribution in [1.82, 2.24) is 0 Å². The Balaban J connectivity index is 2.76. The van der Waals surface area contributed by atoms with Crippen molar-refractivity contribution >= 4 is 25.9 Å². The van der Waals surface area contributed by atoms with Crippen LogP contribution in [0.5, 0.6) is 5.75 Å². The van der Waals surface area contributed by atoms with E-state index in [2.05, 4.69) is 4.74 Å². The number of halogens is 1. The zero-order chi connectivity index (χ0) is 12.2. The van der Waals surface area contributed by atoms with Crippen LogP contribution in [-0.2, 0) is 13.8 Å². The van der Waals surface area contributed by atoms with E-state index in [1.54, 1.807) is 6.92 Å². The number of carbonyl (C=O) groups excluding carboxylic acids is 1. The van der Waals surface area contributed by atoms with Gasteiger partial charge < -0.3 is 9.47 Å². The van der Waals surface area contributed by atoms with Crippen molar-refractivity contribution in [1.29, 1.82) is 0 Å². The fraction of sp³-hybridized carbons (Fsp3) is 0.222. The lowest BCUT2D eigenvalue weighted by Gasteiger charge is -2.03. The van der Waals surface area contributed by atoms with Gasteiger partial charge in [-0.15, -0.1) is 0 Å². The standard InChI is InChI=1S/C9H9ClO5S/c1-2-14-9(11)15-7-3-5-8(6-4-7)16(10,12)13/h3-6H,2H2,1H3. The lowest BCUT2D eigenvalue weighted by Crippen LogP contribution is -2.09. The quantitative estimate of drug-likeness (QED) is 0.475. The summed E-state index contributed by atoms with van der Waals surface area (Å²) in [6.07, 6.45) is -0.844. The first-order valence-electron chi connectivity index (χ1n) is 4.33. The molecular formula is C9H9ClO5S. The van der Waals surface area contributed by atoms with E-state index in [-0.39, 0.29) is 17.3 Å². The third kappa shape index (κ3) is 3.71. The van der Waals surface area contributed by atoms with Crippen molar-refractivity contribution in [3.63, 3.8) is 0 Å². The van der Waals surface area contributed by atoms with Crippen LogP contribution in [0.4, 0.5) is 4.79 Å². The van der Waals surface area contributed by atoms with Crippen molar-refractivity contribution in [2.45, 2.75) is 11.8 Å². The minimum absolute atomic E-state index is 0.0645. The Kier molecular flexibility index (Phi) is 4.14. The molecule has 0 aliphatic carbocycles. The molecule has 0 amide bonds. The highest BCUT2D eigenvalue weighted by atomic mass is 35.7. The molecule has 1 aromatic carbocycles. The molecule has 0 N–H and O–H groups in total. The molecule has 16 heavy (non-hydrogen) atoms. The predicted molar refractivity (Wildman–Crippen MR) is 57.1 cm³/mol. The highest BCUT2D eigenvalue weighted by Crippen LogP contribution is 2.19. The van der Waals surface area contributed by atoms with Crippen LogP contribution in [0.2, 0.25) is 0 Å². The highest BCUT2D eigenvalue weighted by Gasteiger charge is 2.10. The Hall–Kier alpha value is -1.27. The van der Waals surface area contributed by atoms with Crippen molar-refractivity contribution in [3.8, 4) is 5.75 Å². The first-order chi connectivity index (χ1) is 7.43. The van der Waals surface area contributed by atoms with Gasteiger partial charge in [0.25, 0.3) is 9.05 Å². The number of hydrogen-bond acceptors (Lipinski definition) is 5. The molecule has 0 aliphatic rings. The van der Waals surface area contributed by atoms with Gasteiger partial charge in [0.2, 0.25) is 0 Å². The number of carbonyl (C=O) groups is 1. The lowest BCUT2D eigenvalue weighted by molar-refractivity contribution is 0.104. The van der Waals surface area contributed by atoms with Gasteiger partial charge in [-0.05, 0) is 31.2 Å². The van der Waals surface area contributed by atoms with E-state index < -0.39 is 15.2 Å². The molecule has 0 atom stereocenters. The van der Waals surface area contributed by atoms with Gasteiger partial charge in [0.05, 0.1) is 11.5 Å². The summed E-state index contributed by atoms with van der Waals surface area (Å²) in [5.41, 5.74) is 0. The molecule has 0 saturated carbocycles. The van der Waals surface area contributed by atoms with Gasteiger partial charge in [-0.25, -0.2) is 13.2 Å². The molecule has 0 radical (unpaired) electrons. The average Bonchev–Trinajstić information content (AvgIpc) is 2.17. The lowest BCUT2D eigenvalue weighted by atomic mass is 10.3. The zero-order valence-electron chi connectivity index (χ0n) is 8.34. The summed E-state index contributed by atoms with van der Waals surface area (Å²) in [4.78, 5) is 10.8. The summed E-state index contributed by atoms with van der Waals surface area (Å²) in [5.74, 6) is 0.183. The molecule has 7 heteroatoms. The Bertz CT molecular complexity index is 465. The summed E-state index contributed by atoms with van der Waals surface area (Å²) >= 11 is 0. The van der Waals surface area contributed by atoms with Crippen LogP contribution in [0, 0.1) is 0 Å². The first kappa shape index (κ1) is 12.8. The maximum atomic E-state index is 10.9. The van der Waals surface area contributed by atoms with Gasteiger partial charge in [0.15, 0.2) is 0 Å². The smallest absolute Gasteiger partial charge is 0.434 e. The monoisotopic (exact) mass is 264 g/mol. The molecule has 5 nitrogen and oxygen atoms in total. The van der Waals surface area contributed by atoms with Crippen LogP contribution in [0.1, 0.15) is 6.92 Å². The van der Waals surface area contributed by atoms with E-state index >= 15 is 0 Å². The minimum Gasteiger partial charge on any atom is -0.434 e. The van der Waals surface area contributed by atoms with Crippen LogP contribution < -0.4 is 4.74 Å². The third-order valence-corrected chi connectivity index (χ3v) is 2.94. The average molecular weight is 265 g/mol. The normalized spacial score (nSPS) is 10.9. The van der Waals surface area contributed by atoms with Crippen LogP contribution >= 0.6 is 10.7 Å². The number of benzene rings is 1. The summed E-state index contributed by atoms with van der Waals surface area (Å²) in [7, 11) is 1.35. The highest BCUT2D eigenvalue weighted by molar-refractivity contribution is 8.13. The molecule has 0 aromatic heterocycles. The van der Waals surface area contributed by atoms with Gasteiger partial charge in [-0.1, -0.05) is 0 Å². The van der Waals surface area contributed by atoms with Crippen LogP contribution in [-0.4, -0.2) is 21.2 Å². The summed E-state index contributed by atoms with van der Waals surface area (Å²) in [6.45, 7) is 1.84. The zero-order valence-corrected chi connectivity index (χ0v) is 9.92. The maximum Gasteiger partial charge on any atom is 0.513 e. The third-order valence-electron chi connectivity index (χ3n) is 1.57. The van der Waals surface area contributed by atoms with Gasteiger partial charge >= 0.3 is 6.16 Å². The molecular weight excluding hydrogens is 256 g/mol. The maximum absolute atomic E-state index is 10.9. The van der Waals surface area contributed by atoms with Crippen LogP contribution in [0.3, 0.4) is 0 Å². The second-order valence-corrected chi connectivity index (χ2v) is 5.26. The molecule has 88 valence electrons. The molecule has 1 rings (SSSR count). The minimum atomic E-state index is -3.76. The topological polar surface area (TPSA) is 69.7 Å². The van der Waals surface area contributed by atoms with E-state index in [0.29, 0.717) is 0 Å². The summed E-state index contributed by atoms with van der Waals surface area (Å²) in [5, 5.41) is 0. The molecule has 1 aromatic rings. The van der Waals surface area contributed by atoms with Gasteiger partial charge in [0, 0.05) is 10.7 Å². The van der Waals surface area contributed by atoms with Crippen LogP contribution in [0.15, 0.2) is 29.2 Å². The van der Waals surface area contributed by atoms with Crippen molar-refractivity contribution in [3.05, 3.63) is 24.3 Å². The molecule has 0 bridgehead atoms. The second kappa shape index (κ2) is 5.18. The molecule has 0 spiro atoms. The van der Waals surface area contributed by atoms with E-state index in [0.717, 1.165) is 0 Å². The Morgan fingerprint density at radius 2 is 1.88 bits per heavy atom. The van der Waals surface area contributed by atoms with Crippen LogP contribution in [0.25, 0.3) is 0 Å². The molecule has 0 saturated heterocycles. The van der Waals surface area contributed by atoms with E-state index in [4.69, 9.17) is 15.4 Å². The summed E-state index contributed by atoms with van der Waals surface area (Å²) < 4.78 is 31.1.